The van der Waals surface area contributed by atoms with E-state index in [0.29, 0.717) is 25.2 Å². The number of para-hydroxylation sites is 4. The first-order valence-corrected chi connectivity index (χ1v) is 15.0. The highest BCUT2D eigenvalue weighted by Gasteiger charge is 2.27. The average molecular weight is 593 g/mol. The van der Waals surface area contributed by atoms with Gasteiger partial charge in [0.1, 0.15) is 5.60 Å². The molecule has 0 unspecified atom stereocenters. The number of nitrogens with zero attached hydrogens (tertiary/aromatic N) is 4. The van der Waals surface area contributed by atoms with Gasteiger partial charge in [0, 0.05) is 31.7 Å². The Labute approximate surface area is 251 Å². The molecular formula is C32H44N6O5. The summed E-state index contributed by atoms with van der Waals surface area (Å²) in [7, 11) is 0. The number of hydrogen-bond donors (Lipinski definition) is 2. The predicted molar refractivity (Wildman–Crippen MR) is 169 cm³/mol. The van der Waals surface area contributed by atoms with Crippen molar-refractivity contribution in [1.29, 1.82) is 0 Å². The van der Waals surface area contributed by atoms with Crippen LogP contribution in [0.2, 0.25) is 0 Å². The Balaban J connectivity index is 0.000000269. The molecule has 11 nitrogen and oxygen atoms in total. The van der Waals surface area contributed by atoms with Gasteiger partial charge in [0.05, 0.1) is 22.1 Å². The number of benzene rings is 2. The summed E-state index contributed by atoms with van der Waals surface area (Å²) in [5, 5.41) is 2.91. The second-order valence-corrected chi connectivity index (χ2v) is 12.6. The van der Waals surface area contributed by atoms with Crippen LogP contribution in [0.15, 0.2) is 58.1 Å². The van der Waals surface area contributed by atoms with Crippen molar-refractivity contribution >= 4 is 34.2 Å². The molecule has 11 heteroatoms. The molecule has 1 fully saturated rings. The summed E-state index contributed by atoms with van der Waals surface area (Å²) >= 11 is 0. The van der Waals surface area contributed by atoms with Crippen LogP contribution in [0.1, 0.15) is 73.4 Å². The molecule has 0 aliphatic carbocycles. The smallest absolute Gasteiger partial charge is 0.410 e. The van der Waals surface area contributed by atoms with E-state index in [-0.39, 0.29) is 35.5 Å². The zero-order chi connectivity index (χ0) is 31.5. The van der Waals surface area contributed by atoms with Crippen LogP contribution in [0.3, 0.4) is 0 Å². The van der Waals surface area contributed by atoms with E-state index in [0.717, 1.165) is 29.4 Å². The summed E-state index contributed by atoms with van der Waals surface area (Å²) in [6, 6.07) is 14.8. The number of carbonyl (C=O) groups is 2. The first-order chi connectivity index (χ1) is 20.3. The summed E-state index contributed by atoms with van der Waals surface area (Å²) in [5.74, 6) is 0.252. The highest BCUT2D eigenvalue weighted by Crippen LogP contribution is 2.20. The molecule has 232 valence electrons. The third kappa shape index (κ3) is 7.21. The van der Waals surface area contributed by atoms with E-state index in [2.05, 4.69) is 10.3 Å². The lowest BCUT2D eigenvalue weighted by atomic mass is 9.97. The molecule has 2 amide bonds. The Kier molecular flexibility index (Phi) is 9.52. The second kappa shape index (κ2) is 12.9. The Morgan fingerprint density at radius 3 is 2.02 bits per heavy atom. The molecular weight excluding hydrogens is 548 g/mol. The molecule has 0 saturated carbocycles. The van der Waals surface area contributed by atoms with Gasteiger partial charge in [0.2, 0.25) is 0 Å². The van der Waals surface area contributed by atoms with Gasteiger partial charge in [-0.05, 0) is 91.5 Å². The monoisotopic (exact) mass is 592 g/mol. The number of amides is 2. The minimum atomic E-state index is -0.510. The van der Waals surface area contributed by atoms with Crippen LogP contribution in [-0.4, -0.2) is 60.9 Å². The van der Waals surface area contributed by atoms with E-state index >= 15 is 0 Å². The van der Waals surface area contributed by atoms with E-state index in [1.807, 2.05) is 90.9 Å². The van der Waals surface area contributed by atoms with Gasteiger partial charge in [0.15, 0.2) is 0 Å². The number of ether oxygens (including phenoxy) is 1. The maximum Gasteiger partial charge on any atom is 0.410 e. The van der Waals surface area contributed by atoms with Crippen LogP contribution < -0.4 is 16.7 Å². The van der Waals surface area contributed by atoms with Crippen LogP contribution in [0.4, 0.5) is 9.59 Å². The Morgan fingerprint density at radius 2 is 1.44 bits per heavy atom. The van der Waals surface area contributed by atoms with E-state index in [9.17, 15) is 19.2 Å². The number of carbonyl (C=O) groups excluding carboxylic acids is 2. The number of hydrogen-bond acceptors (Lipinski definition) is 5. The van der Waals surface area contributed by atoms with Crippen molar-refractivity contribution in [2.75, 3.05) is 19.6 Å². The fourth-order valence-corrected chi connectivity index (χ4v) is 5.41. The minimum Gasteiger partial charge on any atom is -0.444 e. The molecule has 43 heavy (non-hydrogen) atoms. The number of nitrogens with one attached hydrogen (secondary N) is 2. The number of fused-ring (bicyclic) bond motifs is 2. The maximum absolute atomic E-state index is 12.9. The van der Waals surface area contributed by atoms with Gasteiger partial charge in [-0.3, -0.25) is 9.13 Å². The van der Waals surface area contributed by atoms with E-state index < -0.39 is 11.6 Å². The standard InChI is InChI=1S/C22H32N4O4.C10H12N2O/c1-15(2)25-17-8-6-7-9-18(17)26(20(25)28)19(27)23-14-16-10-12-24(13-11-16)21(29)30-22(3,4)5;1-7(2)12-9-6-4-3-5-8(9)11-10(12)13/h6-9,15-16H,10-14H2,1-5H3,(H,23,27);3-7H,1-2H3,(H,11,13). The number of aromatic amines is 1. The van der Waals surface area contributed by atoms with Gasteiger partial charge < -0.3 is 19.9 Å². The van der Waals surface area contributed by atoms with Gasteiger partial charge in [-0.25, -0.2) is 23.7 Å². The highest BCUT2D eigenvalue weighted by molar-refractivity contribution is 5.89. The van der Waals surface area contributed by atoms with Gasteiger partial charge in [-0.2, -0.15) is 0 Å². The maximum atomic E-state index is 12.9. The summed E-state index contributed by atoms with van der Waals surface area (Å²) in [5.41, 5.74) is 2.36. The second-order valence-electron chi connectivity index (χ2n) is 12.6. The molecule has 2 aromatic carbocycles. The Bertz CT molecular complexity index is 1690. The van der Waals surface area contributed by atoms with Crippen LogP contribution in [0.5, 0.6) is 0 Å². The van der Waals surface area contributed by atoms with Crippen LogP contribution in [-0.2, 0) is 4.74 Å². The molecule has 5 rings (SSSR count). The molecule has 1 saturated heterocycles. The number of H-pyrrole nitrogens is 1. The fraction of sp³-hybridized carbons (Fsp3) is 0.500. The zero-order valence-corrected chi connectivity index (χ0v) is 26.2. The third-order valence-corrected chi connectivity index (χ3v) is 7.45. The molecule has 0 atom stereocenters. The molecule has 3 heterocycles. The van der Waals surface area contributed by atoms with Crippen molar-refractivity contribution in [3.05, 3.63) is 69.5 Å². The Morgan fingerprint density at radius 1 is 0.884 bits per heavy atom. The molecule has 1 aliphatic heterocycles. The number of rotatable bonds is 4. The quantitative estimate of drug-likeness (QED) is 0.324. The lowest BCUT2D eigenvalue weighted by Crippen LogP contribution is -2.45. The van der Waals surface area contributed by atoms with Crippen LogP contribution in [0, 0.1) is 5.92 Å². The van der Waals surface area contributed by atoms with E-state index in [4.69, 9.17) is 4.74 Å². The summed E-state index contributed by atoms with van der Waals surface area (Å²) < 4.78 is 10.0. The van der Waals surface area contributed by atoms with E-state index in [1.54, 1.807) is 20.1 Å². The zero-order valence-electron chi connectivity index (χ0n) is 26.2. The van der Waals surface area contributed by atoms with Gasteiger partial charge in [-0.15, -0.1) is 0 Å². The average Bonchev–Trinajstić information content (AvgIpc) is 3.44. The molecule has 1 aliphatic rings. The van der Waals surface area contributed by atoms with Crippen LogP contribution in [0.25, 0.3) is 22.1 Å². The van der Waals surface area contributed by atoms with Crippen molar-refractivity contribution in [1.82, 2.24) is 28.9 Å². The molecule has 2 aromatic heterocycles. The highest BCUT2D eigenvalue weighted by atomic mass is 16.6. The molecule has 0 bridgehead atoms. The van der Waals surface area contributed by atoms with Crippen molar-refractivity contribution in [3.8, 4) is 0 Å². The summed E-state index contributed by atoms with van der Waals surface area (Å²) in [4.78, 5) is 53.9. The number of piperidine rings is 1. The van der Waals surface area contributed by atoms with Gasteiger partial charge >= 0.3 is 23.5 Å². The molecule has 0 spiro atoms. The van der Waals surface area contributed by atoms with Crippen molar-refractivity contribution in [3.63, 3.8) is 0 Å². The minimum absolute atomic E-state index is 0.0313. The fourth-order valence-electron chi connectivity index (χ4n) is 5.41. The predicted octanol–water partition coefficient (Wildman–Crippen LogP) is 5.50. The summed E-state index contributed by atoms with van der Waals surface area (Å²) in [6.07, 6.45) is 1.27. The normalized spacial score (nSPS) is 14.3. The largest absolute Gasteiger partial charge is 0.444 e. The van der Waals surface area contributed by atoms with Crippen molar-refractivity contribution in [2.45, 2.75) is 79.0 Å². The van der Waals surface area contributed by atoms with Gasteiger partial charge in [-0.1, -0.05) is 24.3 Å². The summed E-state index contributed by atoms with van der Waals surface area (Å²) in [6.45, 7) is 15.1. The van der Waals surface area contributed by atoms with Crippen LogP contribution >= 0.6 is 0 Å². The van der Waals surface area contributed by atoms with Gasteiger partial charge in [0.25, 0.3) is 0 Å². The molecule has 4 aromatic rings. The third-order valence-electron chi connectivity index (χ3n) is 7.45. The van der Waals surface area contributed by atoms with E-state index in [1.165, 1.54) is 4.57 Å². The molecule has 2 N–H and O–H groups in total. The lowest BCUT2D eigenvalue weighted by Gasteiger charge is -2.33. The number of likely N-dealkylation sites (tertiary alicyclic amines) is 1. The number of imidazole rings is 2. The van der Waals surface area contributed by atoms with Crippen molar-refractivity contribution < 1.29 is 14.3 Å². The van der Waals surface area contributed by atoms with Crippen molar-refractivity contribution in [2.24, 2.45) is 5.92 Å². The topological polar surface area (TPSA) is 123 Å². The lowest BCUT2D eigenvalue weighted by molar-refractivity contribution is 0.0184. The first-order valence-electron chi connectivity index (χ1n) is 15.0. The number of aromatic nitrogens is 4. The molecule has 0 radical (unpaired) electrons. The SMILES string of the molecule is CC(C)n1c(=O)[nH]c2ccccc21.CC(C)n1c(=O)n(C(=O)NCC2CCN(C(=O)OC(C)(C)C)CC2)c2ccccc21. The first kappa shape index (κ1) is 31.7. The Hall–Kier alpha value is -4.28.